The van der Waals surface area contributed by atoms with E-state index in [1.807, 2.05) is 49.2 Å². The van der Waals surface area contributed by atoms with Crippen LogP contribution in [0.5, 0.6) is 0 Å². The van der Waals surface area contributed by atoms with Gasteiger partial charge in [-0.2, -0.15) is 0 Å². The third-order valence-electron chi connectivity index (χ3n) is 4.30. The molecule has 5 nitrogen and oxygen atoms in total. The lowest BCUT2D eigenvalue weighted by atomic mass is 10.0. The monoisotopic (exact) mass is 318 g/mol. The number of rotatable bonds is 7. The lowest BCUT2D eigenvalue weighted by Crippen LogP contribution is -3.11. The van der Waals surface area contributed by atoms with Crippen molar-refractivity contribution in [2.45, 2.75) is 32.2 Å². The van der Waals surface area contributed by atoms with Crippen molar-refractivity contribution in [3.05, 3.63) is 35.9 Å². The van der Waals surface area contributed by atoms with Crippen LogP contribution in [0.25, 0.3) is 0 Å². The molecule has 2 atom stereocenters. The molecule has 1 aliphatic rings. The Balaban J connectivity index is 2.12. The average molecular weight is 318 g/mol. The zero-order valence-corrected chi connectivity index (χ0v) is 14.2. The Kier molecular flexibility index (Phi) is 6.59. The molecule has 1 aliphatic heterocycles. The van der Waals surface area contributed by atoms with Gasteiger partial charge in [0.2, 0.25) is 0 Å². The zero-order chi connectivity index (χ0) is 16.7. The SMILES string of the molecule is CCCNC(=O)C[NH+](C)[C@@H](C(=O)N1CCCC1)c1ccccc1. The van der Waals surface area contributed by atoms with E-state index >= 15 is 0 Å². The number of likely N-dealkylation sites (N-methyl/N-ethyl adjacent to an activating group) is 1. The number of nitrogens with one attached hydrogen (secondary N) is 2. The second-order valence-corrected chi connectivity index (χ2v) is 6.25. The number of carbonyl (C=O) groups is 2. The maximum absolute atomic E-state index is 13.0. The highest BCUT2D eigenvalue weighted by Gasteiger charge is 2.34. The fourth-order valence-corrected chi connectivity index (χ4v) is 3.09. The molecule has 2 N–H and O–H groups in total. The van der Waals surface area contributed by atoms with Crippen LogP contribution < -0.4 is 10.2 Å². The van der Waals surface area contributed by atoms with Crippen molar-refractivity contribution in [3.8, 4) is 0 Å². The fourth-order valence-electron chi connectivity index (χ4n) is 3.09. The molecule has 2 amide bonds. The first-order valence-electron chi connectivity index (χ1n) is 8.56. The van der Waals surface area contributed by atoms with Gasteiger partial charge in [-0.1, -0.05) is 37.3 Å². The highest BCUT2D eigenvalue weighted by molar-refractivity contribution is 5.83. The number of nitrogens with zero attached hydrogens (tertiary/aromatic N) is 1. The van der Waals surface area contributed by atoms with E-state index in [1.54, 1.807) is 0 Å². The van der Waals surface area contributed by atoms with Gasteiger partial charge < -0.3 is 15.1 Å². The summed E-state index contributed by atoms with van der Waals surface area (Å²) in [5.41, 5.74) is 0.977. The standard InChI is InChI=1S/C18H27N3O2/c1-3-11-19-16(22)14-20(2)17(15-9-5-4-6-10-15)18(23)21-12-7-8-13-21/h4-6,9-10,17H,3,7-8,11-14H2,1-2H3,(H,19,22)/p+1/t17-/m1/s1. The van der Waals surface area contributed by atoms with Gasteiger partial charge >= 0.3 is 0 Å². The molecule has 0 spiro atoms. The third kappa shape index (κ3) is 4.79. The van der Waals surface area contributed by atoms with Gasteiger partial charge in [0.25, 0.3) is 11.8 Å². The van der Waals surface area contributed by atoms with E-state index in [4.69, 9.17) is 0 Å². The molecular weight excluding hydrogens is 290 g/mol. The van der Waals surface area contributed by atoms with Crippen molar-refractivity contribution in [2.75, 3.05) is 33.2 Å². The molecule has 1 saturated heterocycles. The van der Waals surface area contributed by atoms with Crippen LogP contribution in [0.1, 0.15) is 37.8 Å². The lowest BCUT2D eigenvalue weighted by Gasteiger charge is -2.28. The number of amides is 2. The molecule has 1 fully saturated rings. The molecule has 23 heavy (non-hydrogen) atoms. The Labute approximate surface area is 138 Å². The van der Waals surface area contributed by atoms with Gasteiger partial charge in [0.15, 0.2) is 12.6 Å². The van der Waals surface area contributed by atoms with Crippen LogP contribution in [0.3, 0.4) is 0 Å². The van der Waals surface area contributed by atoms with E-state index in [2.05, 4.69) is 5.32 Å². The fraction of sp³-hybridized carbons (Fsp3) is 0.556. The van der Waals surface area contributed by atoms with E-state index in [-0.39, 0.29) is 17.9 Å². The maximum Gasteiger partial charge on any atom is 0.285 e. The van der Waals surface area contributed by atoms with E-state index in [9.17, 15) is 9.59 Å². The number of benzene rings is 1. The summed E-state index contributed by atoms with van der Waals surface area (Å²) in [6.07, 6.45) is 3.06. The van der Waals surface area contributed by atoms with Crippen molar-refractivity contribution in [1.29, 1.82) is 0 Å². The largest absolute Gasteiger partial charge is 0.351 e. The third-order valence-corrected chi connectivity index (χ3v) is 4.30. The Morgan fingerprint density at radius 2 is 1.87 bits per heavy atom. The van der Waals surface area contributed by atoms with Gasteiger partial charge in [-0.15, -0.1) is 0 Å². The summed E-state index contributed by atoms with van der Waals surface area (Å²) in [6.45, 7) is 4.68. The lowest BCUT2D eigenvalue weighted by molar-refractivity contribution is -0.894. The number of quaternary nitrogens is 1. The molecule has 0 bridgehead atoms. The molecule has 0 aliphatic carbocycles. The Hall–Kier alpha value is -1.88. The molecule has 1 unspecified atom stereocenters. The van der Waals surface area contributed by atoms with Gasteiger partial charge in [-0.05, 0) is 19.3 Å². The highest BCUT2D eigenvalue weighted by Crippen LogP contribution is 2.16. The molecule has 1 aromatic rings. The maximum atomic E-state index is 13.0. The topological polar surface area (TPSA) is 53.9 Å². The summed E-state index contributed by atoms with van der Waals surface area (Å²) in [6, 6.07) is 9.48. The zero-order valence-electron chi connectivity index (χ0n) is 14.2. The van der Waals surface area contributed by atoms with Crippen molar-refractivity contribution >= 4 is 11.8 Å². The van der Waals surface area contributed by atoms with Crippen LogP contribution in [-0.4, -0.2) is 49.9 Å². The minimum Gasteiger partial charge on any atom is -0.351 e. The number of carbonyl (C=O) groups excluding carboxylic acids is 2. The van der Waals surface area contributed by atoms with Gasteiger partial charge in [0.05, 0.1) is 7.05 Å². The predicted molar refractivity (Wildman–Crippen MR) is 90.1 cm³/mol. The van der Waals surface area contributed by atoms with Crippen molar-refractivity contribution in [3.63, 3.8) is 0 Å². The van der Waals surface area contributed by atoms with Gasteiger partial charge in [0, 0.05) is 25.2 Å². The number of likely N-dealkylation sites (tertiary alicyclic amines) is 1. The minimum absolute atomic E-state index is 0.000460. The van der Waals surface area contributed by atoms with E-state index in [0.717, 1.165) is 42.8 Å². The first-order valence-corrected chi connectivity index (χ1v) is 8.56. The van der Waals surface area contributed by atoms with Crippen molar-refractivity contribution in [2.24, 2.45) is 0 Å². The normalized spacial score (nSPS) is 16.9. The minimum atomic E-state index is -0.318. The molecule has 1 aromatic carbocycles. The van der Waals surface area contributed by atoms with Crippen LogP contribution in [-0.2, 0) is 9.59 Å². The van der Waals surface area contributed by atoms with Crippen LogP contribution >= 0.6 is 0 Å². The van der Waals surface area contributed by atoms with E-state index in [0.29, 0.717) is 13.1 Å². The molecule has 1 heterocycles. The van der Waals surface area contributed by atoms with Gasteiger partial charge in [0.1, 0.15) is 0 Å². The summed E-state index contributed by atoms with van der Waals surface area (Å²) in [7, 11) is 1.93. The molecule has 126 valence electrons. The first kappa shape index (κ1) is 17.5. The molecule has 2 rings (SSSR count). The van der Waals surface area contributed by atoms with Crippen LogP contribution in [0.2, 0.25) is 0 Å². The summed E-state index contributed by atoms with van der Waals surface area (Å²) in [5, 5.41) is 2.89. The van der Waals surface area contributed by atoms with Crippen molar-refractivity contribution in [1.82, 2.24) is 10.2 Å². The quantitative estimate of drug-likeness (QED) is 0.764. The second kappa shape index (κ2) is 8.67. The first-order chi connectivity index (χ1) is 11.1. The summed E-state index contributed by atoms with van der Waals surface area (Å²) < 4.78 is 0. The van der Waals surface area contributed by atoms with Crippen molar-refractivity contribution < 1.29 is 14.5 Å². The molecule has 0 aromatic heterocycles. The summed E-state index contributed by atoms with van der Waals surface area (Å²) in [4.78, 5) is 27.8. The highest BCUT2D eigenvalue weighted by atomic mass is 16.2. The Morgan fingerprint density at radius 3 is 2.48 bits per heavy atom. The van der Waals surface area contributed by atoms with E-state index < -0.39 is 0 Å². The van der Waals surface area contributed by atoms with Gasteiger partial charge in [-0.25, -0.2) is 0 Å². The van der Waals surface area contributed by atoms with Crippen LogP contribution in [0.15, 0.2) is 30.3 Å². The number of hydrogen-bond acceptors (Lipinski definition) is 2. The smallest absolute Gasteiger partial charge is 0.285 e. The summed E-state index contributed by atoms with van der Waals surface area (Å²) in [5.74, 6) is 0.133. The second-order valence-electron chi connectivity index (χ2n) is 6.25. The van der Waals surface area contributed by atoms with E-state index in [1.165, 1.54) is 0 Å². The molecule has 0 saturated carbocycles. The average Bonchev–Trinajstić information content (AvgIpc) is 3.08. The van der Waals surface area contributed by atoms with Crippen LogP contribution in [0.4, 0.5) is 0 Å². The Morgan fingerprint density at radius 1 is 1.22 bits per heavy atom. The Bertz CT molecular complexity index is 512. The number of hydrogen-bond donors (Lipinski definition) is 2. The van der Waals surface area contributed by atoms with Gasteiger partial charge in [-0.3, -0.25) is 9.59 Å². The predicted octanol–water partition coefficient (Wildman–Crippen LogP) is 0.391. The van der Waals surface area contributed by atoms with Crippen LogP contribution in [0, 0.1) is 0 Å². The summed E-state index contributed by atoms with van der Waals surface area (Å²) >= 11 is 0. The molecular formula is C18H28N3O2+. The molecule has 0 radical (unpaired) electrons. The molecule has 5 heteroatoms.